The van der Waals surface area contributed by atoms with E-state index < -0.39 is 11.6 Å². The van der Waals surface area contributed by atoms with Crippen molar-refractivity contribution in [2.75, 3.05) is 6.54 Å². The lowest BCUT2D eigenvalue weighted by molar-refractivity contribution is -0.128. The minimum absolute atomic E-state index is 0.0907. The predicted octanol–water partition coefficient (Wildman–Crippen LogP) is 0.339. The monoisotopic (exact) mass is 322 g/mol. The highest BCUT2D eigenvalue weighted by Gasteiger charge is 2.47. The molecule has 2 bridgehead atoms. The molecule has 1 heterocycles. The molecule has 0 aromatic heterocycles. The molecule has 0 aromatic carbocycles. The highest BCUT2D eigenvalue weighted by Crippen LogP contribution is 2.39. The molecule has 7 nitrogen and oxygen atoms in total. The number of urea groups is 1. The van der Waals surface area contributed by atoms with Crippen molar-refractivity contribution in [3.05, 3.63) is 0 Å². The molecule has 7 heteroatoms. The standard InChI is InChI=1S/C16H26N4O3/c1-16(2)14(22)19-15(23)20(16)8-12(21)18-13-9-4-3-5-10(13)7-11(17)6-9/h9-11,13H,3-8,17H2,1-2H3,(H,18,21)(H,19,22,23). The molecule has 3 fully saturated rings. The summed E-state index contributed by atoms with van der Waals surface area (Å²) in [4.78, 5) is 37.4. The fourth-order valence-corrected chi connectivity index (χ4v) is 4.36. The molecule has 3 aliphatic rings. The number of nitrogens with two attached hydrogens (primary N) is 1. The molecular weight excluding hydrogens is 296 g/mol. The minimum atomic E-state index is -0.987. The number of carbonyl (C=O) groups excluding carboxylic acids is 3. The summed E-state index contributed by atoms with van der Waals surface area (Å²) in [5.74, 6) is 0.308. The first-order valence-electron chi connectivity index (χ1n) is 8.47. The fraction of sp³-hybridized carbons (Fsp3) is 0.812. The molecule has 1 saturated heterocycles. The number of rotatable bonds is 3. The van der Waals surface area contributed by atoms with Gasteiger partial charge in [0.1, 0.15) is 12.1 Å². The largest absolute Gasteiger partial charge is 0.351 e. The highest BCUT2D eigenvalue weighted by atomic mass is 16.2. The van der Waals surface area contributed by atoms with Crippen LogP contribution in [0.3, 0.4) is 0 Å². The molecule has 4 N–H and O–H groups in total. The quantitative estimate of drug-likeness (QED) is 0.652. The Hall–Kier alpha value is -1.63. The maximum Gasteiger partial charge on any atom is 0.325 e. The molecule has 0 aromatic rings. The topological polar surface area (TPSA) is 105 Å². The number of hydrogen-bond donors (Lipinski definition) is 3. The first kappa shape index (κ1) is 16.2. The van der Waals surface area contributed by atoms with Gasteiger partial charge in [0.2, 0.25) is 5.91 Å². The van der Waals surface area contributed by atoms with Crippen LogP contribution in [0.5, 0.6) is 0 Å². The molecule has 128 valence electrons. The van der Waals surface area contributed by atoms with Crippen LogP contribution in [0.1, 0.15) is 46.0 Å². The maximum atomic E-state index is 12.4. The van der Waals surface area contributed by atoms with Crippen molar-refractivity contribution in [1.29, 1.82) is 0 Å². The van der Waals surface area contributed by atoms with E-state index in [0.29, 0.717) is 11.8 Å². The van der Waals surface area contributed by atoms with Crippen molar-refractivity contribution in [2.45, 2.75) is 63.6 Å². The number of imide groups is 1. The van der Waals surface area contributed by atoms with Crippen LogP contribution in [0.25, 0.3) is 0 Å². The molecule has 2 atom stereocenters. The molecule has 23 heavy (non-hydrogen) atoms. The SMILES string of the molecule is CC1(C)C(=O)NC(=O)N1CC(=O)NC1C2CCCC1CC(N)C2. The van der Waals surface area contributed by atoms with Gasteiger partial charge in [-0.25, -0.2) is 4.79 Å². The Labute approximate surface area is 136 Å². The smallest absolute Gasteiger partial charge is 0.325 e. The van der Waals surface area contributed by atoms with Crippen LogP contribution < -0.4 is 16.4 Å². The first-order valence-corrected chi connectivity index (χ1v) is 8.47. The van der Waals surface area contributed by atoms with E-state index in [-0.39, 0.29) is 30.4 Å². The molecule has 1 aliphatic heterocycles. The third kappa shape index (κ3) is 2.94. The molecule has 0 spiro atoms. The average molecular weight is 322 g/mol. The molecule has 2 aliphatic carbocycles. The molecule has 4 amide bonds. The van der Waals surface area contributed by atoms with E-state index in [1.165, 1.54) is 11.3 Å². The van der Waals surface area contributed by atoms with E-state index in [2.05, 4.69) is 10.6 Å². The lowest BCUT2D eigenvalue weighted by atomic mass is 9.67. The third-order valence-electron chi connectivity index (χ3n) is 5.70. The van der Waals surface area contributed by atoms with E-state index in [0.717, 1.165) is 25.7 Å². The van der Waals surface area contributed by atoms with Gasteiger partial charge in [-0.15, -0.1) is 0 Å². The highest BCUT2D eigenvalue weighted by molar-refractivity contribution is 6.07. The first-order chi connectivity index (χ1) is 10.8. The van der Waals surface area contributed by atoms with Crippen molar-refractivity contribution in [3.8, 4) is 0 Å². The van der Waals surface area contributed by atoms with Crippen LogP contribution in [0.2, 0.25) is 0 Å². The molecule has 2 saturated carbocycles. The summed E-state index contributed by atoms with van der Waals surface area (Å²) in [5, 5.41) is 5.38. The summed E-state index contributed by atoms with van der Waals surface area (Å²) in [5.41, 5.74) is 5.12. The van der Waals surface area contributed by atoms with Gasteiger partial charge in [0.25, 0.3) is 5.91 Å². The minimum Gasteiger partial charge on any atom is -0.351 e. The number of nitrogens with zero attached hydrogens (tertiary/aromatic N) is 1. The summed E-state index contributed by atoms with van der Waals surface area (Å²) in [6.45, 7) is 3.20. The van der Waals surface area contributed by atoms with Crippen LogP contribution >= 0.6 is 0 Å². The second-order valence-corrected chi connectivity index (χ2v) is 7.68. The van der Waals surface area contributed by atoms with Gasteiger partial charge >= 0.3 is 6.03 Å². The number of hydrogen-bond acceptors (Lipinski definition) is 4. The van der Waals surface area contributed by atoms with E-state index in [4.69, 9.17) is 5.73 Å². The number of carbonyl (C=O) groups is 3. The Kier molecular flexibility index (Phi) is 4.08. The number of nitrogens with one attached hydrogen (secondary N) is 2. The molecule has 2 unspecified atom stereocenters. The summed E-state index contributed by atoms with van der Waals surface area (Å²) in [7, 11) is 0. The van der Waals surface area contributed by atoms with Crippen molar-refractivity contribution < 1.29 is 14.4 Å². The van der Waals surface area contributed by atoms with Crippen LogP contribution in [0, 0.1) is 11.8 Å². The predicted molar refractivity (Wildman–Crippen MR) is 84.3 cm³/mol. The summed E-state index contributed by atoms with van der Waals surface area (Å²) in [6, 6.07) is -0.110. The number of fused-ring (bicyclic) bond motifs is 2. The Morgan fingerprint density at radius 3 is 2.43 bits per heavy atom. The van der Waals surface area contributed by atoms with Crippen LogP contribution in [-0.2, 0) is 9.59 Å². The lowest BCUT2D eigenvalue weighted by Gasteiger charge is -2.45. The van der Waals surface area contributed by atoms with Crippen LogP contribution in [0.4, 0.5) is 4.79 Å². The average Bonchev–Trinajstić information content (AvgIpc) is 2.62. The van der Waals surface area contributed by atoms with Crippen LogP contribution in [0.15, 0.2) is 0 Å². The van der Waals surface area contributed by atoms with Crippen molar-refractivity contribution >= 4 is 17.8 Å². The van der Waals surface area contributed by atoms with Gasteiger partial charge in [-0.3, -0.25) is 14.9 Å². The fourth-order valence-electron chi connectivity index (χ4n) is 4.36. The zero-order chi connectivity index (χ0) is 16.8. The van der Waals surface area contributed by atoms with Gasteiger partial charge in [0.05, 0.1) is 0 Å². The van der Waals surface area contributed by atoms with E-state index in [9.17, 15) is 14.4 Å². The second-order valence-electron chi connectivity index (χ2n) is 7.68. The van der Waals surface area contributed by atoms with Crippen molar-refractivity contribution in [3.63, 3.8) is 0 Å². The Morgan fingerprint density at radius 2 is 1.91 bits per heavy atom. The zero-order valence-electron chi connectivity index (χ0n) is 13.8. The van der Waals surface area contributed by atoms with Gasteiger partial charge in [-0.1, -0.05) is 6.42 Å². The summed E-state index contributed by atoms with van der Waals surface area (Å²) in [6.07, 6.45) is 5.31. The van der Waals surface area contributed by atoms with Gasteiger partial charge in [-0.2, -0.15) is 0 Å². The molecular formula is C16H26N4O3. The maximum absolute atomic E-state index is 12.4. The summed E-state index contributed by atoms with van der Waals surface area (Å²) < 4.78 is 0. The Morgan fingerprint density at radius 1 is 1.30 bits per heavy atom. The van der Waals surface area contributed by atoms with Crippen molar-refractivity contribution in [2.24, 2.45) is 17.6 Å². The molecule has 0 radical (unpaired) electrons. The summed E-state index contributed by atoms with van der Waals surface area (Å²) >= 11 is 0. The van der Waals surface area contributed by atoms with E-state index >= 15 is 0 Å². The molecule has 3 rings (SSSR count). The Balaban J connectivity index is 1.64. The second kappa shape index (κ2) is 5.78. The van der Waals surface area contributed by atoms with Gasteiger partial charge in [0, 0.05) is 12.1 Å². The lowest BCUT2D eigenvalue weighted by Crippen LogP contribution is -2.56. The van der Waals surface area contributed by atoms with E-state index in [1.54, 1.807) is 13.8 Å². The normalized spacial score (nSPS) is 35.9. The van der Waals surface area contributed by atoms with Gasteiger partial charge in [0.15, 0.2) is 0 Å². The Bertz CT molecular complexity index is 519. The third-order valence-corrected chi connectivity index (χ3v) is 5.70. The zero-order valence-corrected chi connectivity index (χ0v) is 13.8. The number of amides is 4. The van der Waals surface area contributed by atoms with Gasteiger partial charge < -0.3 is 16.0 Å². The van der Waals surface area contributed by atoms with Crippen LogP contribution in [-0.4, -0.2) is 46.9 Å². The van der Waals surface area contributed by atoms with E-state index in [1.807, 2.05) is 0 Å². The van der Waals surface area contributed by atoms with Gasteiger partial charge in [-0.05, 0) is 51.4 Å². The van der Waals surface area contributed by atoms with Crippen molar-refractivity contribution in [1.82, 2.24) is 15.5 Å².